The summed E-state index contributed by atoms with van der Waals surface area (Å²) in [4.78, 5) is 24.6. The van der Waals surface area contributed by atoms with E-state index in [9.17, 15) is 9.59 Å². The van der Waals surface area contributed by atoms with Gasteiger partial charge in [0.05, 0.1) is 5.56 Å². The number of nitrogens with two attached hydrogens (primary N) is 2. The van der Waals surface area contributed by atoms with E-state index in [-0.39, 0.29) is 5.78 Å². The van der Waals surface area contributed by atoms with E-state index in [2.05, 4.69) is 0 Å². The summed E-state index contributed by atoms with van der Waals surface area (Å²) in [5, 5.41) is 0. The van der Waals surface area contributed by atoms with E-state index >= 15 is 0 Å². The van der Waals surface area contributed by atoms with Crippen molar-refractivity contribution >= 4 is 29.2 Å². The van der Waals surface area contributed by atoms with Gasteiger partial charge >= 0.3 is 5.97 Å². The summed E-state index contributed by atoms with van der Waals surface area (Å²) >= 11 is 0. The standard InChI is InChI=1S/C28H22N2O3/c29-24-16-23(17-25(30)18-24)28(32)33-26-13-11-21(12-14-26)20-9-6-19(7-10-20)8-15-27(31)22-4-2-1-3-5-22/h1-18H,29-30H2. The Morgan fingerprint density at radius 2 is 1.24 bits per heavy atom. The number of hydrogen-bond acceptors (Lipinski definition) is 5. The fourth-order valence-corrected chi connectivity index (χ4v) is 3.33. The molecule has 0 atom stereocenters. The van der Waals surface area contributed by atoms with Gasteiger partial charge in [0.15, 0.2) is 5.78 Å². The van der Waals surface area contributed by atoms with Crippen LogP contribution >= 0.6 is 0 Å². The molecule has 4 aromatic rings. The zero-order valence-corrected chi connectivity index (χ0v) is 17.8. The van der Waals surface area contributed by atoms with Crippen molar-refractivity contribution in [3.8, 4) is 16.9 Å². The first-order chi connectivity index (χ1) is 16.0. The van der Waals surface area contributed by atoms with E-state index in [1.54, 1.807) is 42.5 Å². The number of allylic oxidation sites excluding steroid dienone is 1. The molecule has 5 heteroatoms. The first kappa shape index (κ1) is 21.6. The van der Waals surface area contributed by atoms with Gasteiger partial charge in [-0.3, -0.25) is 4.79 Å². The Labute approximate surface area is 191 Å². The van der Waals surface area contributed by atoms with Gasteiger partial charge < -0.3 is 16.2 Å². The van der Waals surface area contributed by atoms with Gasteiger partial charge in [0, 0.05) is 16.9 Å². The highest BCUT2D eigenvalue weighted by Crippen LogP contribution is 2.24. The van der Waals surface area contributed by atoms with Crippen LogP contribution in [0.3, 0.4) is 0 Å². The van der Waals surface area contributed by atoms with Crippen LogP contribution in [-0.4, -0.2) is 11.8 Å². The molecule has 0 saturated heterocycles. The molecule has 4 aromatic carbocycles. The van der Waals surface area contributed by atoms with E-state index in [0.29, 0.717) is 28.3 Å². The van der Waals surface area contributed by atoms with Gasteiger partial charge in [-0.2, -0.15) is 0 Å². The fourth-order valence-electron chi connectivity index (χ4n) is 3.33. The minimum Gasteiger partial charge on any atom is -0.423 e. The van der Waals surface area contributed by atoms with E-state index in [1.807, 2.05) is 54.6 Å². The molecule has 0 radical (unpaired) electrons. The number of benzene rings is 4. The SMILES string of the molecule is Nc1cc(N)cc(C(=O)Oc2ccc(-c3ccc(C=CC(=O)c4ccccc4)cc3)cc2)c1. The van der Waals surface area contributed by atoms with Crippen molar-refractivity contribution in [2.45, 2.75) is 0 Å². The van der Waals surface area contributed by atoms with Gasteiger partial charge in [0.2, 0.25) is 0 Å². The Morgan fingerprint density at radius 1 is 0.667 bits per heavy atom. The molecule has 0 aromatic heterocycles. The topological polar surface area (TPSA) is 95.4 Å². The molecule has 0 unspecified atom stereocenters. The summed E-state index contributed by atoms with van der Waals surface area (Å²) in [6, 6.07) is 28.8. The van der Waals surface area contributed by atoms with Crippen LogP contribution in [0.5, 0.6) is 5.75 Å². The minimum absolute atomic E-state index is 0.0364. The second kappa shape index (κ2) is 9.66. The van der Waals surface area contributed by atoms with Gasteiger partial charge in [-0.1, -0.05) is 72.8 Å². The van der Waals surface area contributed by atoms with Crippen molar-refractivity contribution in [3.63, 3.8) is 0 Å². The van der Waals surface area contributed by atoms with Crippen LogP contribution in [0.2, 0.25) is 0 Å². The Kier molecular flexibility index (Phi) is 6.32. The summed E-state index contributed by atoms with van der Waals surface area (Å²) in [6.45, 7) is 0. The quantitative estimate of drug-likeness (QED) is 0.135. The molecule has 4 rings (SSSR count). The van der Waals surface area contributed by atoms with Crippen molar-refractivity contribution < 1.29 is 14.3 Å². The molecule has 0 bridgehead atoms. The van der Waals surface area contributed by atoms with Crippen LogP contribution in [0, 0.1) is 0 Å². The van der Waals surface area contributed by atoms with Crippen LogP contribution in [-0.2, 0) is 0 Å². The van der Waals surface area contributed by atoms with Gasteiger partial charge in [0.1, 0.15) is 5.75 Å². The van der Waals surface area contributed by atoms with Crippen LogP contribution in [0.4, 0.5) is 11.4 Å². The number of rotatable bonds is 6. The third-order valence-corrected chi connectivity index (χ3v) is 5.01. The number of carbonyl (C=O) groups is 2. The van der Waals surface area contributed by atoms with Crippen molar-refractivity contribution in [2.75, 3.05) is 11.5 Å². The van der Waals surface area contributed by atoms with Crippen LogP contribution in [0.15, 0.2) is 103 Å². The number of esters is 1. The van der Waals surface area contributed by atoms with Crippen LogP contribution < -0.4 is 16.2 Å². The maximum atomic E-state index is 12.3. The number of nitrogen functional groups attached to an aromatic ring is 2. The molecule has 33 heavy (non-hydrogen) atoms. The highest BCUT2D eigenvalue weighted by molar-refractivity contribution is 6.06. The molecule has 162 valence electrons. The predicted molar refractivity (Wildman–Crippen MR) is 132 cm³/mol. The zero-order chi connectivity index (χ0) is 23.2. The fraction of sp³-hybridized carbons (Fsp3) is 0. The Hall–Kier alpha value is -4.64. The van der Waals surface area contributed by atoms with Crippen LogP contribution in [0.25, 0.3) is 17.2 Å². The molecule has 4 N–H and O–H groups in total. The Bertz CT molecular complexity index is 1290. The average Bonchev–Trinajstić information content (AvgIpc) is 2.83. The van der Waals surface area contributed by atoms with Crippen molar-refractivity contribution in [3.05, 3.63) is 120 Å². The Balaban J connectivity index is 1.41. The molecular weight excluding hydrogens is 412 g/mol. The van der Waals surface area contributed by atoms with Crippen molar-refractivity contribution in [1.82, 2.24) is 0 Å². The largest absolute Gasteiger partial charge is 0.423 e. The van der Waals surface area contributed by atoms with E-state index in [0.717, 1.165) is 16.7 Å². The molecule has 0 aliphatic heterocycles. The van der Waals surface area contributed by atoms with Gasteiger partial charge in [0.25, 0.3) is 0 Å². The molecule has 0 heterocycles. The molecule has 5 nitrogen and oxygen atoms in total. The van der Waals surface area contributed by atoms with Crippen LogP contribution in [0.1, 0.15) is 26.3 Å². The summed E-state index contributed by atoms with van der Waals surface area (Å²) in [6.07, 6.45) is 3.37. The lowest BCUT2D eigenvalue weighted by atomic mass is 10.0. The molecule has 0 fully saturated rings. The third-order valence-electron chi connectivity index (χ3n) is 5.01. The van der Waals surface area contributed by atoms with Crippen molar-refractivity contribution in [1.29, 1.82) is 0 Å². The lowest BCUT2D eigenvalue weighted by molar-refractivity contribution is 0.0734. The highest BCUT2D eigenvalue weighted by atomic mass is 16.5. The summed E-state index contributed by atoms with van der Waals surface area (Å²) in [5.41, 5.74) is 16.1. The van der Waals surface area contributed by atoms with Gasteiger partial charge in [-0.25, -0.2) is 4.79 Å². The molecule has 0 saturated carbocycles. The monoisotopic (exact) mass is 434 g/mol. The van der Waals surface area contributed by atoms with E-state index in [1.165, 1.54) is 12.1 Å². The molecule has 0 spiro atoms. The number of anilines is 2. The maximum absolute atomic E-state index is 12.3. The first-order valence-electron chi connectivity index (χ1n) is 10.3. The number of carbonyl (C=O) groups excluding carboxylic acids is 2. The first-order valence-corrected chi connectivity index (χ1v) is 10.3. The second-order valence-electron chi connectivity index (χ2n) is 7.49. The molecule has 0 amide bonds. The van der Waals surface area contributed by atoms with Gasteiger partial charge in [-0.05, 0) is 53.1 Å². The predicted octanol–water partition coefficient (Wildman–Crippen LogP) is 5.63. The lowest BCUT2D eigenvalue weighted by Crippen LogP contribution is -2.09. The molecular formula is C28H22N2O3. The zero-order valence-electron chi connectivity index (χ0n) is 17.8. The molecule has 0 aliphatic rings. The number of ketones is 1. The smallest absolute Gasteiger partial charge is 0.343 e. The second-order valence-corrected chi connectivity index (χ2v) is 7.49. The summed E-state index contributed by atoms with van der Waals surface area (Å²) in [7, 11) is 0. The average molecular weight is 434 g/mol. The maximum Gasteiger partial charge on any atom is 0.343 e. The third kappa shape index (κ3) is 5.54. The van der Waals surface area contributed by atoms with E-state index < -0.39 is 5.97 Å². The van der Waals surface area contributed by atoms with Crippen molar-refractivity contribution in [2.24, 2.45) is 0 Å². The highest BCUT2D eigenvalue weighted by Gasteiger charge is 2.10. The Morgan fingerprint density at radius 3 is 1.85 bits per heavy atom. The summed E-state index contributed by atoms with van der Waals surface area (Å²) < 4.78 is 5.42. The summed E-state index contributed by atoms with van der Waals surface area (Å²) in [5.74, 6) is -0.141. The van der Waals surface area contributed by atoms with Gasteiger partial charge in [-0.15, -0.1) is 0 Å². The number of ether oxygens (including phenoxy) is 1. The normalized spacial score (nSPS) is 10.8. The minimum atomic E-state index is -0.525. The lowest BCUT2D eigenvalue weighted by Gasteiger charge is -2.08. The van der Waals surface area contributed by atoms with E-state index in [4.69, 9.17) is 16.2 Å². The number of hydrogen-bond donors (Lipinski definition) is 2. The molecule has 0 aliphatic carbocycles.